The number of ether oxygens (including phenoxy) is 1. The number of H-pyrrole nitrogens is 1. The number of aryl methyl sites for hydroxylation is 1. The fourth-order valence-electron chi connectivity index (χ4n) is 3.34. The van der Waals surface area contributed by atoms with Gasteiger partial charge in [0.2, 0.25) is 0 Å². The minimum Gasteiger partial charge on any atom is -0.375 e. The average molecular weight is 400 g/mol. The summed E-state index contributed by atoms with van der Waals surface area (Å²) in [5, 5.41) is 7.88. The highest BCUT2D eigenvalue weighted by atomic mass is 32.1. The predicted molar refractivity (Wildman–Crippen MR) is 117 cm³/mol. The number of nitrogens with one attached hydrogen (secondary N) is 2. The van der Waals surface area contributed by atoms with E-state index < -0.39 is 0 Å². The van der Waals surface area contributed by atoms with Crippen molar-refractivity contribution in [3.8, 4) is 0 Å². The highest BCUT2D eigenvalue weighted by Gasteiger charge is 2.13. The summed E-state index contributed by atoms with van der Waals surface area (Å²) in [5.74, 6) is 0.867. The van der Waals surface area contributed by atoms with E-state index in [4.69, 9.17) is 4.74 Å². The summed E-state index contributed by atoms with van der Waals surface area (Å²) in [6, 6.07) is 6.37. The first-order valence-electron chi connectivity index (χ1n) is 9.48. The Morgan fingerprint density at radius 3 is 3.00 bits per heavy atom. The third-order valence-corrected chi connectivity index (χ3v) is 5.97. The Morgan fingerprint density at radius 2 is 2.25 bits per heavy atom. The Kier molecular flexibility index (Phi) is 6.70. The molecular weight excluding hydrogens is 370 g/mol. The third-order valence-electron chi connectivity index (χ3n) is 4.92. The van der Waals surface area contributed by atoms with Crippen molar-refractivity contribution >= 4 is 28.2 Å². The lowest BCUT2D eigenvalue weighted by molar-refractivity contribution is 0.119. The maximum atomic E-state index is 5.35. The lowest BCUT2D eigenvalue weighted by Crippen LogP contribution is -2.39. The van der Waals surface area contributed by atoms with Gasteiger partial charge in [-0.05, 0) is 37.5 Å². The van der Waals surface area contributed by atoms with Gasteiger partial charge in [-0.15, -0.1) is 11.3 Å². The van der Waals surface area contributed by atoms with Crippen molar-refractivity contribution in [2.45, 2.75) is 32.9 Å². The number of aromatic nitrogens is 2. The van der Waals surface area contributed by atoms with Crippen LogP contribution in [-0.2, 0) is 17.7 Å². The topological polar surface area (TPSA) is 65.5 Å². The zero-order valence-corrected chi connectivity index (χ0v) is 18.1. The van der Waals surface area contributed by atoms with Crippen LogP contribution in [0.3, 0.4) is 0 Å². The van der Waals surface area contributed by atoms with Crippen LogP contribution in [0, 0.1) is 6.92 Å². The second-order valence-electron chi connectivity index (χ2n) is 6.95. The number of benzene rings is 1. The summed E-state index contributed by atoms with van der Waals surface area (Å²) < 4.78 is 5.35. The van der Waals surface area contributed by atoms with Crippen molar-refractivity contribution in [1.82, 2.24) is 20.2 Å². The average Bonchev–Trinajstić information content (AvgIpc) is 3.32. The van der Waals surface area contributed by atoms with Gasteiger partial charge >= 0.3 is 0 Å². The van der Waals surface area contributed by atoms with Gasteiger partial charge in [0.15, 0.2) is 5.96 Å². The number of rotatable bonds is 7. The van der Waals surface area contributed by atoms with E-state index in [0.29, 0.717) is 6.54 Å². The van der Waals surface area contributed by atoms with E-state index in [1.165, 1.54) is 22.0 Å². The first-order chi connectivity index (χ1) is 13.5. The van der Waals surface area contributed by atoms with Gasteiger partial charge in [0.05, 0.1) is 12.2 Å². The molecule has 6 nitrogen and oxygen atoms in total. The monoisotopic (exact) mass is 399 g/mol. The molecule has 0 radical (unpaired) electrons. The van der Waals surface area contributed by atoms with Crippen molar-refractivity contribution < 1.29 is 4.74 Å². The highest BCUT2D eigenvalue weighted by molar-refractivity contribution is 7.09. The number of hydrogen-bond donors (Lipinski definition) is 2. The van der Waals surface area contributed by atoms with Crippen molar-refractivity contribution in [3.05, 3.63) is 51.6 Å². The lowest BCUT2D eigenvalue weighted by Gasteiger charge is -2.21. The standard InChI is InChI=1S/C21H29N5OS/c1-14-7-6-8-18-19(14)16(11-24-18)9-10-23-21(22-3)26(4)12-17-13-28-20(25-17)15(2)27-5/h6-8,11,13,15,24H,9-10,12H2,1-5H3,(H,22,23). The highest BCUT2D eigenvalue weighted by Crippen LogP contribution is 2.22. The van der Waals surface area contributed by atoms with Gasteiger partial charge in [-0.1, -0.05) is 12.1 Å². The molecule has 0 amide bonds. The molecule has 0 spiro atoms. The molecule has 150 valence electrons. The van der Waals surface area contributed by atoms with Crippen molar-refractivity contribution in [3.63, 3.8) is 0 Å². The van der Waals surface area contributed by atoms with Gasteiger partial charge in [-0.3, -0.25) is 4.99 Å². The Morgan fingerprint density at radius 1 is 1.43 bits per heavy atom. The van der Waals surface area contributed by atoms with E-state index in [2.05, 4.69) is 61.9 Å². The third kappa shape index (κ3) is 4.54. The second-order valence-corrected chi connectivity index (χ2v) is 7.84. The van der Waals surface area contributed by atoms with Crippen molar-refractivity contribution in [2.75, 3.05) is 27.7 Å². The summed E-state index contributed by atoms with van der Waals surface area (Å²) in [4.78, 5) is 14.5. The Labute approximate surface area is 170 Å². The van der Waals surface area contributed by atoms with E-state index in [1.54, 1.807) is 18.4 Å². The maximum Gasteiger partial charge on any atom is 0.193 e. The quantitative estimate of drug-likeness (QED) is 0.467. The second kappa shape index (κ2) is 9.21. The molecule has 3 rings (SSSR count). The zero-order chi connectivity index (χ0) is 20.1. The molecule has 0 saturated heterocycles. The van der Waals surface area contributed by atoms with Crippen LogP contribution in [0.2, 0.25) is 0 Å². The largest absolute Gasteiger partial charge is 0.375 e. The van der Waals surface area contributed by atoms with Gasteiger partial charge < -0.3 is 19.9 Å². The first-order valence-corrected chi connectivity index (χ1v) is 10.4. The summed E-state index contributed by atoms with van der Waals surface area (Å²) in [5.41, 5.74) is 4.86. The number of guanidine groups is 1. The summed E-state index contributed by atoms with van der Waals surface area (Å²) in [7, 11) is 5.55. The molecule has 0 saturated carbocycles. The molecule has 2 heterocycles. The number of aromatic amines is 1. The number of nitrogens with zero attached hydrogens (tertiary/aromatic N) is 3. The van der Waals surface area contributed by atoms with Gasteiger partial charge in [-0.25, -0.2) is 4.98 Å². The lowest BCUT2D eigenvalue weighted by atomic mass is 10.1. The van der Waals surface area contributed by atoms with Crippen LogP contribution in [-0.4, -0.2) is 48.6 Å². The molecule has 28 heavy (non-hydrogen) atoms. The fourth-order valence-corrected chi connectivity index (χ4v) is 4.18. The molecule has 1 aromatic carbocycles. The number of aliphatic imine (C=N–C) groups is 1. The molecule has 0 aliphatic heterocycles. The Bertz CT molecular complexity index is 945. The van der Waals surface area contributed by atoms with E-state index in [0.717, 1.165) is 29.6 Å². The fraction of sp³-hybridized carbons (Fsp3) is 0.429. The summed E-state index contributed by atoms with van der Waals surface area (Å²) >= 11 is 1.64. The molecule has 1 unspecified atom stereocenters. The van der Waals surface area contributed by atoms with E-state index in [1.807, 2.05) is 21.0 Å². The smallest absolute Gasteiger partial charge is 0.193 e. The van der Waals surface area contributed by atoms with Crippen LogP contribution < -0.4 is 5.32 Å². The van der Waals surface area contributed by atoms with Gasteiger partial charge in [0.25, 0.3) is 0 Å². The number of fused-ring (bicyclic) bond motifs is 1. The molecule has 0 fully saturated rings. The maximum absolute atomic E-state index is 5.35. The number of thiazole rings is 1. The van der Waals surface area contributed by atoms with E-state index >= 15 is 0 Å². The minimum atomic E-state index is 0.0288. The summed E-state index contributed by atoms with van der Waals surface area (Å²) in [6.07, 6.45) is 3.07. The molecule has 3 aromatic rings. The number of methoxy groups -OCH3 is 1. The summed E-state index contributed by atoms with van der Waals surface area (Å²) in [6.45, 7) is 5.70. The molecule has 2 aromatic heterocycles. The molecule has 2 N–H and O–H groups in total. The van der Waals surface area contributed by atoms with E-state index in [9.17, 15) is 0 Å². The van der Waals surface area contributed by atoms with Gasteiger partial charge in [-0.2, -0.15) is 0 Å². The number of hydrogen-bond acceptors (Lipinski definition) is 4. The minimum absolute atomic E-state index is 0.0288. The van der Waals surface area contributed by atoms with Crippen LogP contribution in [0.5, 0.6) is 0 Å². The van der Waals surface area contributed by atoms with Crippen LogP contribution in [0.4, 0.5) is 0 Å². The van der Waals surface area contributed by atoms with Crippen molar-refractivity contribution in [1.29, 1.82) is 0 Å². The van der Waals surface area contributed by atoms with Gasteiger partial charge in [0.1, 0.15) is 11.1 Å². The Hall–Kier alpha value is -2.38. The molecule has 7 heteroatoms. The van der Waals surface area contributed by atoms with Gasteiger partial charge in [0, 0.05) is 50.2 Å². The van der Waals surface area contributed by atoms with Crippen LogP contribution in [0.1, 0.15) is 34.9 Å². The van der Waals surface area contributed by atoms with Crippen molar-refractivity contribution in [2.24, 2.45) is 4.99 Å². The normalized spacial score (nSPS) is 13.1. The SMILES string of the molecule is CN=C(NCCc1c[nH]c2cccc(C)c12)N(C)Cc1csc(C(C)OC)n1. The zero-order valence-electron chi connectivity index (χ0n) is 17.2. The molecular formula is C21H29N5OS. The molecule has 0 aliphatic rings. The van der Waals surface area contributed by atoms with E-state index in [-0.39, 0.29) is 6.10 Å². The molecule has 0 bridgehead atoms. The first kappa shape index (κ1) is 20.4. The molecule has 0 aliphatic carbocycles. The van der Waals surface area contributed by atoms with Crippen LogP contribution >= 0.6 is 11.3 Å². The Balaban J connectivity index is 1.57. The predicted octanol–water partition coefficient (Wildman–Crippen LogP) is 3.89. The van der Waals surface area contributed by atoms with Crippen LogP contribution in [0.15, 0.2) is 34.8 Å². The van der Waals surface area contributed by atoms with Crippen LogP contribution in [0.25, 0.3) is 10.9 Å². The molecule has 1 atom stereocenters.